The Morgan fingerprint density at radius 2 is 1.57 bits per heavy atom. The zero-order valence-corrected chi connectivity index (χ0v) is 17.2. The number of sulfone groups is 1. The first kappa shape index (κ1) is 23.1. The van der Waals surface area contributed by atoms with Crippen molar-refractivity contribution in [3.05, 3.63) is 56.7 Å². The Hall–Kier alpha value is -1.21. The van der Waals surface area contributed by atoms with Gasteiger partial charge < -0.3 is 0 Å². The third-order valence-electron chi connectivity index (χ3n) is 3.55. The number of nitrogens with zero attached hydrogens (tertiary/aromatic N) is 1. The van der Waals surface area contributed by atoms with Gasteiger partial charge in [0.15, 0.2) is 0 Å². The molecule has 0 aliphatic carbocycles. The quantitative estimate of drug-likeness (QED) is 0.438. The zero-order valence-electron chi connectivity index (χ0n) is 13.2. The van der Waals surface area contributed by atoms with Crippen LogP contribution in [0.2, 0.25) is 0 Å². The van der Waals surface area contributed by atoms with Gasteiger partial charge in [-0.3, -0.25) is 4.98 Å². The van der Waals surface area contributed by atoms with Gasteiger partial charge in [-0.05, 0) is 29.8 Å². The summed E-state index contributed by atoms with van der Waals surface area (Å²) in [6.07, 6.45) is -5.90. The van der Waals surface area contributed by atoms with Crippen LogP contribution in [0.15, 0.2) is 50.4 Å². The van der Waals surface area contributed by atoms with Gasteiger partial charge in [-0.1, -0.05) is 37.9 Å². The molecule has 0 unspecified atom stereocenters. The largest absolute Gasteiger partial charge is 0.461 e. The van der Waals surface area contributed by atoms with Crippen LogP contribution in [-0.4, -0.2) is 30.8 Å². The predicted octanol–water partition coefficient (Wildman–Crippen LogP) is 5.76. The molecule has 0 aliphatic heterocycles. The van der Waals surface area contributed by atoms with Crippen LogP contribution in [0.5, 0.6) is 0 Å². The van der Waals surface area contributed by atoms with Gasteiger partial charge in [0.25, 0.3) is 9.84 Å². The second-order valence-electron chi connectivity index (χ2n) is 5.45. The molecular formula is C15H8Br2F7NO2S. The molecule has 0 radical (unpaired) electrons. The Morgan fingerprint density at radius 3 is 2.07 bits per heavy atom. The van der Waals surface area contributed by atoms with Crippen LogP contribution in [0, 0.1) is 0 Å². The van der Waals surface area contributed by atoms with Gasteiger partial charge in [0.1, 0.15) is 0 Å². The third-order valence-corrected chi connectivity index (χ3v) is 6.59. The second-order valence-corrected chi connectivity index (χ2v) is 9.18. The lowest BCUT2D eigenvalue weighted by Gasteiger charge is -2.28. The van der Waals surface area contributed by atoms with Crippen LogP contribution >= 0.6 is 31.9 Å². The van der Waals surface area contributed by atoms with E-state index in [9.17, 15) is 39.2 Å². The first-order chi connectivity index (χ1) is 12.6. The highest BCUT2D eigenvalue weighted by Crippen LogP contribution is 2.51. The van der Waals surface area contributed by atoms with E-state index in [0.717, 1.165) is 0 Å². The molecule has 0 aliphatic rings. The number of alkyl halides is 7. The first-order valence-corrected chi connectivity index (χ1v) is 10.1. The minimum atomic E-state index is -6.81. The monoisotopic (exact) mass is 557 g/mol. The maximum Gasteiger partial charge on any atom is 0.461 e. The van der Waals surface area contributed by atoms with Crippen molar-refractivity contribution in [3.63, 3.8) is 0 Å². The topological polar surface area (TPSA) is 47.0 Å². The maximum absolute atomic E-state index is 14.0. The molecule has 1 aromatic carbocycles. The first-order valence-electron chi connectivity index (χ1n) is 7.07. The standard InChI is InChI=1S/C15H8Br2F7NO2S/c16-8-5-11(17)10(7-9-3-1-2-4-25-9)12(6-8)28(26,27)15(23,24)13(18,19)14(20,21)22/h1-6H,7H2. The summed E-state index contributed by atoms with van der Waals surface area (Å²) in [4.78, 5) is 2.49. The average Bonchev–Trinajstić information content (AvgIpc) is 2.56. The summed E-state index contributed by atoms with van der Waals surface area (Å²) in [5.41, 5.74) is -0.271. The molecule has 0 atom stereocenters. The van der Waals surface area contributed by atoms with Crippen molar-refractivity contribution in [2.45, 2.75) is 28.7 Å². The molecule has 1 heterocycles. The molecule has 2 rings (SSSR count). The Labute approximate surface area is 171 Å². The van der Waals surface area contributed by atoms with Crippen LogP contribution in [0.3, 0.4) is 0 Å². The lowest BCUT2D eigenvalue weighted by Crippen LogP contribution is -2.56. The summed E-state index contributed by atoms with van der Waals surface area (Å²) in [7, 11) is -6.47. The highest BCUT2D eigenvalue weighted by molar-refractivity contribution is 9.11. The van der Waals surface area contributed by atoms with Crippen LogP contribution in [0.25, 0.3) is 0 Å². The number of aromatic nitrogens is 1. The van der Waals surface area contributed by atoms with Crippen molar-refractivity contribution >= 4 is 41.7 Å². The highest BCUT2D eigenvalue weighted by atomic mass is 79.9. The molecule has 0 saturated carbocycles. The summed E-state index contributed by atoms with van der Waals surface area (Å²) in [6, 6.07) is 6.18. The molecule has 0 spiro atoms. The number of hydrogen-bond acceptors (Lipinski definition) is 3. The normalized spacial score (nSPS) is 13.6. The van der Waals surface area contributed by atoms with E-state index >= 15 is 0 Å². The molecule has 0 N–H and O–H groups in total. The molecule has 1 aromatic heterocycles. The van der Waals surface area contributed by atoms with Crippen molar-refractivity contribution in [3.8, 4) is 0 Å². The summed E-state index contributed by atoms with van der Waals surface area (Å²) < 4.78 is 116. The van der Waals surface area contributed by atoms with Crippen LogP contribution in [0.1, 0.15) is 11.3 Å². The Morgan fingerprint density at radius 1 is 0.964 bits per heavy atom. The molecule has 0 saturated heterocycles. The smallest absolute Gasteiger partial charge is 0.261 e. The minimum Gasteiger partial charge on any atom is -0.261 e. The van der Waals surface area contributed by atoms with Crippen molar-refractivity contribution < 1.29 is 39.2 Å². The van der Waals surface area contributed by atoms with Gasteiger partial charge in [-0.2, -0.15) is 30.7 Å². The molecule has 28 heavy (non-hydrogen) atoms. The molecule has 0 fully saturated rings. The summed E-state index contributed by atoms with van der Waals surface area (Å²) >= 11 is 5.74. The van der Waals surface area contributed by atoms with E-state index in [4.69, 9.17) is 0 Å². The van der Waals surface area contributed by atoms with E-state index in [1.807, 2.05) is 0 Å². The Bertz CT molecular complexity index is 980. The van der Waals surface area contributed by atoms with Crippen LogP contribution in [0.4, 0.5) is 30.7 Å². The van der Waals surface area contributed by atoms with Crippen LogP contribution in [-0.2, 0) is 16.3 Å². The summed E-state index contributed by atoms with van der Waals surface area (Å²) in [6.45, 7) is 0. The molecule has 0 bridgehead atoms. The molecule has 0 amide bonds. The Balaban J connectivity index is 2.72. The lowest BCUT2D eigenvalue weighted by molar-refractivity contribution is -0.332. The fourth-order valence-corrected chi connectivity index (χ4v) is 5.31. The van der Waals surface area contributed by atoms with E-state index in [1.165, 1.54) is 30.5 Å². The number of halogens is 9. The zero-order chi connectivity index (χ0) is 21.5. The number of pyridine rings is 1. The van der Waals surface area contributed by atoms with Crippen molar-refractivity contribution in [1.29, 1.82) is 0 Å². The third kappa shape index (κ3) is 3.92. The molecule has 3 nitrogen and oxygen atoms in total. The molecule has 154 valence electrons. The predicted molar refractivity (Wildman–Crippen MR) is 92.0 cm³/mol. The van der Waals surface area contributed by atoms with Gasteiger partial charge >= 0.3 is 17.4 Å². The molecular weight excluding hydrogens is 551 g/mol. The van der Waals surface area contributed by atoms with Crippen LogP contribution < -0.4 is 0 Å². The van der Waals surface area contributed by atoms with E-state index in [0.29, 0.717) is 6.07 Å². The molecule has 2 aromatic rings. The lowest BCUT2D eigenvalue weighted by atomic mass is 10.1. The Kier molecular flexibility index (Phi) is 6.23. The average molecular weight is 559 g/mol. The van der Waals surface area contributed by atoms with E-state index in [-0.39, 0.29) is 14.6 Å². The SMILES string of the molecule is O=S(=O)(c1cc(Br)cc(Br)c1Cc1ccccn1)C(F)(F)C(F)(F)C(F)(F)F. The molecule has 13 heteroatoms. The van der Waals surface area contributed by atoms with Gasteiger partial charge in [0.2, 0.25) is 0 Å². The number of benzene rings is 1. The van der Waals surface area contributed by atoms with E-state index in [2.05, 4.69) is 36.8 Å². The summed E-state index contributed by atoms with van der Waals surface area (Å²) in [5.74, 6) is -6.81. The maximum atomic E-state index is 14.0. The summed E-state index contributed by atoms with van der Waals surface area (Å²) in [5, 5.41) is -6.45. The van der Waals surface area contributed by atoms with Gasteiger partial charge in [-0.15, -0.1) is 0 Å². The van der Waals surface area contributed by atoms with Gasteiger partial charge in [0, 0.05) is 27.3 Å². The minimum absolute atomic E-state index is 0.0998. The number of rotatable bonds is 5. The fourth-order valence-electron chi connectivity index (χ4n) is 2.15. The van der Waals surface area contributed by atoms with Gasteiger partial charge in [-0.25, -0.2) is 8.42 Å². The van der Waals surface area contributed by atoms with Crippen molar-refractivity contribution in [2.75, 3.05) is 0 Å². The van der Waals surface area contributed by atoms with Gasteiger partial charge in [0.05, 0.1) is 4.90 Å². The fraction of sp³-hybridized carbons (Fsp3) is 0.267. The van der Waals surface area contributed by atoms with E-state index < -0.39 is 44.1 Å². The van der Waals surface area contributed by atoms with Crippen molar-refractivity contribution in [2.24, 2.45) is 0 Å². The second kappa shape index (κ2) is 7.56. The number of hydrogen-bond donors (Lipinski definition) is 0. The van der Waals surface area contributed by atoms with E-state index in [1.54, 1.807) is 0 Å². The highest BCUT2D eigenvalue weighted by Gasteiger charge is 2.78. The van der Waals surface area contributed by atoms with Crippen molar-refractivity contribution in [1.82, 2.24) is 4.98 Å².